The van der Waals surface area contributed by atoms with Crippen molar-refractivity contribution < 1.29 is 13.9 Å². The van der Waals surface area contributed by atoms with Gasteiger partial charge in [0.05, 0.1) is 6.54 Å². The van der Waals surface area contributed by atoms with Crippen molar-refractivity contribution in [1.29, 1.82) is 0 Å². The molecule has 0 spiro atoms. The van der Waals surface area contributed by atoms with E-state index in [-0.39, 0.29) is 18.3 Å². The minimum atomic E-state index is -0.331. The van der Waals surface area contributed by atoms with Crippen LogP contribution in [0.2, 0.25) is 0 Å². The summed E-state index contributed by atoms with van der Waals surface area (Å²) in [5, 5.41) is 1.96. The van der Waals surface area contributed by atoms with Crippen molar-refractivity contribution in [3.05, 3.63) is 82.8 Å². The molecule has 2 aromatic carbocycles. The molecule has 1 amide bonds. The third-order valence-electron chi connectivity index (χ3n) is 3.44. The van der Waals surface area contributed by atoms with Crippen LogP contribution in [-0.4, -0.2) is 12.5 Å². The Morgan fingerprint density at radius 2 is 1.75 bits per heavy atom. The second-order valence-electron chi connectivity index (χ2n) is 5.14. The lowest BCUT2D eigenvalue weighted by atomic mass is 10.2. The number of carbonyl (C=O) groups is 1. The van der Waals surface area contributed by atoms with E-state index in [9.17, 15) is 9.18 Å². The number of amides is 1. The predicted molar refractivity (Wildman–Crippen MR) is 93.8 cm³/mol. The number of thiophene rings is 1. The molecule has 0 aliphatic carbocycles. The number of rotatable bonds is 6. The summed E-state index contributed by atoms with van der Waals surface area (Å²) in [4.78, 5) is 15.3. The van der Waals surface area contributed by atoms with Crippen LogP contribution in [0.5, 0.6) is 5.75 Å². The Bertz CT molecular complexity index is 773. The highest BCUT2D eigenvalue weighted by Gasteiger charge is 2.17. The summed E-state index contributed by atoms with van der Waals surface area (Å²) in [5.74, 6) is 0.127. The van der Waals surface area contributed by atoms with Gasteiger partial charge in [0.2, 0.25) is 0 Å². The molecule has 0 radical (unpaired) electrons. The molecule has 24 heavy (non-hydrogen) atoms. The van der Waals surface area contributed by atoms with E-state index in [2.05, 4.69) is 0 Å². The number of hydrogen-bond donors (Lipinski definition) is 0. The van der Waals surface area contributed by atoms with Crippen molar-refractivity contribution in [3.63, 3.8) is 0 Å². The summed E-state index contributed by atoms with van der Waals surface area (Å²) in [6, 6.07) is 19.0. The van der Waals surface area contributed by atoms with Gasteiger partial charge in [-0.15, -0.1) is 11.3 Å². The zero-order valence-electron chi connectivity index (χ0n) is 12.9. The first-order valence-corrected chi connectivity index (χ1v) is 8.36. The SMILES string of the molecule is O=C(COc1ccccc1)N(Cc1cccs1)c1ccc(F)cc1. The van der Waals surface area contributed by atoms with E-state index in [0.717, 1.165) is 4.88 Å². The number of halogens is 1. The third-order valence-corrected chi connectivity index (χ3v) is 4.30. The van der Waals surface area contributed by atoms with Gasteiger partial charge in [0.25, 0.3) is 5.91 Å². The average Bonchev–Trinajstić information content (AvgIpc) is 3.13. The maximum Gasteiger partial charge on any atom is 0.265 e. The monoisotopic (exact) mass is 341 g/mol. The molecule has 1 aromatic heterocycles. The highest BCUT2D eigenvalue weighted by Crippen LogP contribution is 2.21. The van der Waals surface area contributed by atoms with E-state index in [1.54, 1.807) is 40.5 Å². The van der Waals surface area contributed by atoms with E-state index in [1.165, 1.54) is 12.1 Å². The van der Waals surface area contributed by atoms with Gasteiger partial charge in [-0.3, -0.25) is 4.79 Å². The van der Waals surface area contributed by atoms with E-state index >= 15 is 0 Å². The largest absolute Gasteiger partial charge is 0.484 e. The minimum Gasteiger partial charge on any atom is -0.484 e. The molecule has 3 rings (SSSR count). The summed E-state index contributed by atoms with van der Waals surface area (Å²) in [5.41, 5.74) is 0.645. The highest BCUT2D eigenvalue weighted by atomic mass is 32.1. The molecule has 0 fully saturated rings. The number of nitrogens with zero attached hydrogens (tertiary/aromatic N) is 1. The number of anilines is 1. The third kappa shape index (κ3) is 4.20. The van der Waals surface area contributed by atoms with Gasteiger partial charge in [-0.2, -0.15) is 0 Å². The second kappa shape index (κ2) is 7.75. The smallest absolute Gasteiger partial charge is 0.265 e. The van der Waals surface area contributed by atoms with Gasteiger partial charge in [0, 0.05) is 10.6 Å². The van der Waals surface area contributed by atoms with Gasteiger partial charge in [-0.1, -0.05) is 24.3 Å². The van der Waals surface area contributed by atoms with Crippen LogP contribution in [0.15, 0.2) is 72.1 Å². The lowest BCUT2D eigenvalue weighted by Gasteiger charge is -2.22. The molecule has 1 heterocycles. The molecule has 0 unspecified atom stereocenters. The van der Waals surface area contributed by atoms with Crippen LogP contribution >= 0.6 is 11.3 Å². The Hall–Kier alpha value is -2.66. The first kappa shape index (κ1) is 16.2. The number of para-hydroxylation sites is 1. The van der Waals surface area contributed by atoms with Crippen molar-refractivity contribution in [2.45, 2.75) is 6.54 Å². The van der Waals surface area contributed by atoms with E-state index in [0.29, 0.717) is 18.0 Å². The van der Waals surface area contributed by atoms with Gasteiger partial charge in [0.15, 0.2) is 6.61 Å². The fraction of sp³-hybridized carbons (Fsp3) is 0.105. The molecule has 0 aliphatic rings. The summed E-state index contributed by atoms with van der Waals surface area (Å²) < 4.78 is 18.7. The number of hydrogen-bond acceptors (Lipinski definition) is 3. The topological polar surface area (TPSA) is 29.5 Å². The maximum absolute atomic E-state index is 13.2. The van der Waals surface area contributed by atoms with Crippen LogP contribution in [0.4, 0.5) is 10.1 Å². The van der Waals surface area contributed by atoms with Gasteiger partial charge < -0.3 is 9.64 Å². The zero-order valence-corrected chi connectivity index (χ0v) is 13.7. The number of ether oxygens (including phenoxy) is 1. The summed E-state index contributed by atoms with van der Waals surface area (Å²) >= 11 is 1.57. The lowest BCUT2D eigenvalue weighted by molar-refractivity contribution is -0.120. The van der Waals surface area contributed by atoms with Crippen LogP contribution in [-0.2, 0) is 11.3 Å². The molecule has 0 saturated carbocycles. The normalized spacial score (nSPS) is 10.4. The molecular weight excluding hydrogens is 325 g/mol. The second-order valence-corrected chi connectivity index (χ2v) is 6.17. The van der Waals surface area contributed by atoms with Crippen molar-refractivity contribution in [2.24, 2.45) is 0 Å². The summed E-state index contributed by atoms with van der Waals surface area (Å²) in [7, 11) is 0. The predicted octanol–water partition coefficient (Wildman–Crippen LogP) is 4.50. The van der Waals surface area contributed by atoms with E-state index < -0.39 is 0 Å². The molecule has 0 aliphatic heterocycles. The Balaban J connectivity index is 1.75. The lowest BCUT2D eigenvalue weighted by Crippen LogP contribution is -2.34. The molecular formula is C19H16FNO2S. The number of carbonyl (C=O) groups excluding carboxylic acids is 1. The first-order chi connectivity index (χ1) is 11.7. The fourth-order valence-electron chi connectivity index (χ4n) is 2.24. The minimum absolute atomic E-state index is 0.0766. The Morgan fingerprint density at radius 1 is 1.00 bits per heavy atom. The first-order valence-electron chi connectivity index (χ1n) is 7.48. The van der Waals surface area contributed by atoms with Gasteiger partial charge in [-0.05, 0) is 47.8 Å². The molecule has 3 nitrogen and oxygen atoms in total. The molecule has 5 heteroatoms. The van der Waals surface area contributed by atoms with Crippen LogP contribution in [0.25, 0.3) is 0 Å². The van der Waals surface area contributed by atoms with E-state index in [1.807, 2.05) is 35.7 Å². The van der Waals surface area contributed by atoms with Crippen molar-refractivity contribution >= 4 is 22.9 Å². The van der Waals surface area contributed by atoms with Crippen LogP contribution in [0.1, 0.15) is 4.88 Å². The van der Waals surface area contributed by atoms with Crippen molar-refractivity contribution in [3.8, 4) is 5.75 Å². The maximum atomic E-state index is 13.2. The fourth-order valence-corrected chi connectivity index (χ4v) is 2.94. The molecule has 0 saturated heterocycles. The zero-order chi connectivity index (χ0) is 16.8. The Kier molecular flexibility index (Phi) is 5.23. The van der Waals surface area contributed by atoms with Gasteiger partial charge in [-0.25, -0.2) is 4.39 Å². The molecule has 0 N–H and O–H groups in total. The molecule has 0 atom stereocenters. The van der Waals surface area contributed by atoms with Gasteiger partial charge in [0.1, 0.15) is 11.6 Å². The standard InChI is InChI=1S/C19H16FNO2S/c20-15-8-10-16(11-9-15)21(13-18-7-4-12-24-18)19(22)14-23-17-5-2-1-3-6-17/h1-12H,13-14H2. The van der Waals surface area contributed by atoms with Crippen LogP contribution < -0.4 is 9.64 Å². The quantitative estimate of drug-likeness (QED) is 0.661. The number of benzene rings is 2. The molecule has 122 valence electrons. The molecule has 3 aromatic rings. The highest BCUT2D eigenvalue weighted by molar-refractivity contribution is 7.09. The van der Waals surface area contributed by atoms with Crippen LogP contribution in [0, 0.1) is 5.82 Å². The average molecular weight is 341 g/mol. The Morgan fingerprint density at radius 3 is 2.42 bits per heavy atom. The van der Waals surface area contributed by atoms with Crippen molar-refractivity contribution in [2.75, 3.05) is 11.5 Å². The molecule has 0 bridgehead atoms. The summed E-state index contributed by atoms with van der Waals surface area (Å²) in [6.07, 6.45) is 0. The Labute approximate surface area is 143 Å². The van der Waals surface area contributed by atoms with Crippen LogP contribution in [0.3, 0.4) is 0 Å². The van der Waals surface area contributed by atoms with E-state index in [4.69, 9.17) is 4.74 Å². The van der Waals surface area contributed by atoms with Gasteiger partial charge >= 0.3 is 0 Å². The summed E-state index contributed by atoms with van der Waals surface area (Å²) in [6.45, 7) is 0.354. The van der Waals surface area contributed by atoms with Crippen molar-refractivity contribution in [1.82, 2.24) is 0 Å².